The predicted octanol–water partition coefficient (Wildman–Crippen LogP) is 1.86. The Hall–Kier alpha value is -1.57. The van der Waals surface area contributed by atoms with Gasteiger partial charge in [-0.1, -0.05) is 6.07 Å². The Balaban J connectivity index is 2.06. The van der Waals surface area contributed by atoms with Crippen molar-refractivity contribution in [1.29, 1.82) is 0 Å². The van der Waals surface area contributed by atoms with Crippen LogP contribution in [0, 0.1) is 0 Å². The summed E-state index contributed by atoms with van der Waals surface area (Å²) in [4.78, 5) is 1.21. The van der Waals surface area contributed by atoms with Gasteiger partial charge in [-0.15, -0.1) is 11.3 Å². The highest BCUT2D eigenvalue weighted by Crippen LogP contribution is 2.23. The number of hydrogen-bond acceptors (Lipinski definition) is 5. The van der Waals surface area contributed by atoms with E-state index in [0.29, 0.717) is 18.7 Å². The summed E-state index contributed by atoms with van der Waals surface area (Å²) in [7, 11) is -2.09. The lowest BCUT2D eigenvalue weighted by Crippen LogP contribution is -2.26. The summed E-state index contributed by atoms with van der Waals surface area (Å²) in [5, 5.41) is 1.96. The van der Waals surface area contributed by atoms with E-state index in [0.717, 1.165) is 4.88 Å². The maximum atomic E-state index is 12.2. The first-order valence-corrected chi connectivity index (χ1v) is 8.35. The molecule has 5 nitrogen and oxygen atoms in total. The zero-order valence-corrected chi connectivity index (χ0v) is 12.6. The smallest absolute Gasteiger partial charge is 0.242 e. The molecule has 3 N–H and O–H groups in total. The van der Waals surface area contributed by atoms with Crippen LogP contribution in [-0.2, 0) is 16.4 Å². The molecule has 0 spiro atoms. The van der Waals surface area contributed by atoms with Crippen molar-refractivity contribution in [3.05, 3.63) is 40.6 Å². The number of benzene rings is 1. The van der Waals surface area contributed by atoms with Crippen LogP contribution in [0.25, 0.3) is 0 Å². The van der Waals surface area contributed by atoms with Gasteiger partial charge < -0.3 is 10.5 Å². The van der Waals surface area contributed by atoms with Crippen LogP contribution in [0.3, 0.4) is 0 Å². The SMILES string of the molecule is COc1ccc(S(=O)(=O)NCCc2cccs2)c(N)c1. The summed E-state index contributed by atoms with van der Waals surface area (Å²) in [5.41, 5.74) is 5.93. The van der Waals surface area contributed by atoms with Crippen LogP contribution in [-0.4, -0.2) is 22.1 Å². The topological polar surface area (TPSA) is 81.4 Å². The Labute approximate surface area is 122 Å². The van der Waals surface area contributed by atoms with E-state index in [-0.39, 0.29) is 10.6 Å². The molecule has 0 aliphatic rings. The van der Waals surface area contributed by atoms with Crippen molar-refractivity contribution in [3.8, 4) is 5.75 Å². The van der Waals surface area contributed by atoms with Gasteiger partial charge in [-0.25, -0.2) is 13.1 Å². The molecule has 0 radical (unpaired) electrons. The number of thiophene rings is 1. The summed E-state index contributed by atoms with van der Waals surface area (Å²) in [5.74, 6) is 0.528. The third-order valence-electron chi connectivity index (χ3n) is 2.75. The Bertz CT molecular complexity index is 667. The van der Waals surface area contributed by atoms with Crippen LogP contribution in [0.5, 0.6) is 5.75 Å². The van der Waals surface area contributed by atoms with E-state index in [2.05, 4.69) is 4.72 Å². The van der Waals surface area contributed by atoms with Crippen LogP contribution in [0.2, 0.25) is 0 Å². The first kappa shape index (κ1) is 14.8. The fourth-order valence-corrected chi connectivity index (χ4v) is 3.59. The quantitative estimate of drug-likeness (QED) is 0.798. The van der Waals surface area contributed by atoms with Crippen molar-refractivity contribution in [3.63, 3.8) is 0 Å². The highest BCUT2D eigenvalue weighted by molar-refractivity contribution is 7.89. The molecule has 0 unspecified atom stereocenters. The maximum Gasteiger partial charge on any atom is 0.242 e. The highest BCUT2D eigenvalue weighted by atomic mass is 32.2. The second-order valence-electron chi connectivity index (χ2n) is 4.13. The van der Waals surface area contributed by atoms with Crippen molar-refractivity contribution in [1.82, 2.24) is 4.72 Å². The molecule has 2 rings (SSSR count). The zero-order valence-electron chi connectivity index (χ0n) is 11.0. The number of rotatable bonds is 6. The van der Waals surface area contributed by atoms with E-state index in [4.69, 9.17) is 10.5 Å². The molecule has 0 fully saturated rings. The van der Waals surface area contributed by atoms with Gasteiger partial charge in [0, 0.05) is 17.5 Å². The number of nitrogens with two attached hydrogens (primary N) is 1. The lowest BCUT2D eigenvalue weighted by atomic mass is 10.3. The van der Waals surface area contributed by atoms with E-state index in [1.807, 2.05) is 17.5 Å². The summed E-state index contributed by atoms with van der Waals surface area (Å²) >= 11 is 1.60. The van der Waals surface area contributed by atoms with E-state index in [1.165, 1.54) is 19.2 Å². The minimum atomic E-state index is -3.60. The third kappa shape index (κ3) is 3.50. The Morgan fingerprint density at radius 1 is 1.35 bits per heavy atom. The molecule has 20 heavy (non-hydrogen) atoms. The van der Waals surface area contributed by atoms with Crippen LogP contribution < -0.4 is 15.2 Å². The van der Waals surface area contributed by atoms with E-state index in [9.17, 15) is 8.42 Å². The summed E-state index contributed by atoms with van der Waals surface area (Å²) in [6.07, 6.45) is 0.660. The molecule has 2 aromatic rings. The summed E-state index contributed by atoms with van der Waals surface area (Å²) in [6.45, 7) is 0.342. The molecular formula is C13H16N2O3S2. The van der Waals surface area contributed by atoms with Gasteiger partial charge in [0.1, 0.15) is 10.6 Å². The molecule has 0 aliphatic carbocycles. The van der Waals surface area contributed by atoms with Crippen LogP contribution >= 0.6 is 11.3 Å². The van der Waals surface area contributed by atoms with Crippen LogP contribution in [0.4, 0.5) is 5.69 Å². The van der Waals surface area contributed by atoms with Crippen molar-refractivity contribution in [2.45, 2.75) is 11.3 Å². The number of nitrogen functional groups attached to an aromatic ring is 1. The second kappa shape index (κ2) is 6.25. The molecule has 0 bridgehead atoms. The molecule has 7 heteroatoms. The van der Waals surface area contributed by atoms with Crippen molar-refractivity contribution in [2.75, 3.05) is 19.4 Å². The zero-order chi connectivity index (χ0) is 14.6. The van der Waals surface area contributed by atoms with Crippen LogP contribution in [0.15, 0.2) is 40.6 Å². The first-order chi connectivity index (χ1) is 9.53. The van der Waals surface area contributed by atoms with E-state index < -0.39 is 10.0 Å². The lowest BCUT2D eigenvalue weighted by molar-refractivity contribution is 0.414. The van der Waals surface area contributed by atoms with Gasteiger partial charge >= 0.3 is 0 Å². The predicted molar refractivity (Wildman–Crippen MR) is 80.6 cm³/mol. The molecule has 0 aliphatic heterocycles. The fraction of sp³-hybridized carbons (Fsp3) is 0.231. The minimum Gasteiger partial charge on any atom is -0.497 e. The number of anilines is 1. The van der Waals surface area contributed by atoms with Gasteiger partial charge in [0.05, 0.1) is 12.8 Å². The fourth-order valence-electron chi connectivity index (χ4n) is 1.74. The van der Waals surface area contributed by atoms with E-state index >= 15 is 0 Å². The number of methoxy groups -OCH3 is 1. The average Bonchev–Trinajstić information content (AvgIpc) is 2.91. The molecule has 108 valence electrons. The normalized spacial score (nSPS) is 11.4. The van der Waals surface area contributed by atoms with Gasteiger partial charge in [0.15, 0.2) is 0 Å². The average molecular weight is 312 g/mol. The largest absolute Gasteiger partial charge is 0.497 e. The van der Waals surface area contributed by atoms with Gasteiger partial charge in [-0.05, 0) is 30.0 Å². The standard InChI is InChI=1S/C13H16N2O3S2/c1-18-10-4-5-13(12(14)9-10)20(16,17)15-7-6-11-3-2-8-19-11/h2-5,8-9,15H,6-7,14H2,1H3. The maximum absolute atomic E-state index is 12.2. The molecule has 0 saturated heterocycles. The molecule has 0 amide bonds. The van der Waals surface area contributed by atoms with Crippen molar-refractivity contribution < 1.29 is 13.2 Å². The van der Waals surface area contributed by atoms with Gasteiger partial charge in [-0.3, -0.25) is 0 Å². The number of sulfonamides is 1. The third-order valence-corrected chi connectivity index (χ3v) is 5.22. The molecule has 1 aromatic carbocycles. The van der Waals surface area contributed by atoms with Crippen molar-refractivity contribution in [2.24, 2.45) is 0 Å². The molecular weight excluding hydrogens is 296 g/mol. The Morgan fingerprint density at radius 2 is 2.15 bits per heavy atom. The molecule has 1 heterocycles. The summed E-state index contributed by atoms with van der Waals surface area (Å²) < 4.78 is 31.9. The molecule has 1 aromatic heterocycles. The minimum absolute atomic E-state index is 0.0736. The van der Waals surface area contributed by atoms with Crippen molar-refractivity contribution >= 4 is 27.0 Å². The second-order valence-corrected chi connectivity index (χ2v) is 6.90. The summed E-state index contributed by atoms with van der Waals surface area (Å²) in [6, 6.07) is 8.43. The number of nitrogens with one attached hydrogen (secondary N) is 1. The molecule has 0 saturated carbocycles. The lowest BCUT2D eigenvalue weighted by Gasteiger charge is -2.10. The molecule has 0 atom stereocenters. The number of hydrogen-bond donors (Lipinski definition) is 2. The number of ether oxygens (including phenoxy) is 1. The highest BCUT2D eigenvalue weighted by Gasteiger charge is 2.17. The monoisotopic (exact) mass is 312 g/mol. The van der Waals surface area contributed by atoms with Gasteiger partial charge in [-0.2, -0.15) is 0 Å². The van der Waals surface area contributed by atoms with Gasteiger partial charge in [0.2, 0.25) is 10.0 Å². The first-order valence-electron chi connectivity index (χ1n) is 5.98. The Morgan fingerprint density at radius 3 is 2.75 bits per heavy atom. The van der Waals surface area contributed by atoms with Gasteiger partial charge in [0.25, 0.3) is 0 Å². The van der Waals surface area contributed by atoms with Crippen LogP contribution in [0.1, 0.15) is 4.88 Å². The van der Waals surface area contributed by atoms with E-state index in [1.54, 1.807) is 17.4 Å². The Kier molecular flexibility index (Phi) is 4.64.